The summed E-state index contributed by atoms with van der Waals surface area (Å²) in [5.41, 5.74) is -0.790. The van der Waals surface area contributed by atoms with E-state index in [-0.39, 0.29) is 17.5 Å². The fourth-order valence-electron chi connectivity index (χ4n) is 4.47. The first-order chi connectivity index (χ1) is 16.9. The Labute approximate surface area is 212 Å². The smallest absolute Gasteiger partial charge is 0.385 e. The molecule has 0 heterocycles. The van der Waals surface area contributed by atoms with Crippen LogP contribution >= 0.6 is 11.6 Å². The molecule has 2 aromatic rings. The normalized spacial score (nSPS) is 20.9. The van der Waals surface area contributed by atoms with Gasteiger partial charge in [-0.05, 0) is 74.4 Å². The number of aliphatic hydroxyl groups is 1. The first-order valence-electron chi connectivity index (χ1n) is 11.7. The van der Waals surface area contributed by atoms with Crippen molar-refractivity contribution in [2.75, 3.05) is 6.54 Å². The standard InChI is InChI=1S/C26H29ClF3N3O3/c1-16(33-23(34)15-32-24(35)18-3-2-4-20(14-18)26(28,29)30)13-22(31)17-9-11-25(36,12-10-17)19-5-7-21(27)8-6-19/h2-8,14,16-17,31,36H,9-13,15H2,1H3,(H,32,35)(H,33,34)/t16-,17?,25?/m1/s1. The first kappa shape index (κ1) is 27.7. The maximum absolute atomic E-state index is 12.8. The van der Waals surface area contributed by atoms with Crippen LogP contribution in [0.2, 0.25) is 5.02 Å². The summed E-state index contributed by atoms with van der Waals surface area (Å²) < 4.78 is 38.5. The number of hydrogen-bond acceptors (Lipinski definition) is 4. The van der Waals surface area contributed by atoms with E-state index in [1.807, 2.05) is 12.1 Å². The molecule has 1 saturated carbocycles. The molecule has 0 aliphatic heterocycles. The zero-order valence-corrected chi connectivity index (χ0v) is 20.5. The summed E-state index contributed by atoms with van der Waals surface area (Å²) in [5.74, 6) is -1.29. The third kappa shape index (κ3) is 7.30. The molecule has 1 fully saturated rings. The predicted octanol–water partition coefficient (Wildman–Crippen LogP) is 5.08. The summed E-state index contributed by atoms with van der Waals surface area (Å²) in [5, 5.41) is 25.1. The van der Waals surface area contributed by atoms with Gasteiger partial charge in [0.1, 0.15) is 0 Å². The summed E-state index contributed by atoms with van der Waals surface area (Å²) in [6, 6.07) is 10.7. The van der Waals surface area contributed by atoms with Gasteiger partial charge in [-0.3, -0.25) is 9.59 Å². The molecule has 1 aliphatic carbocycles. The Kier molecular flexibility index (Phi) is 8.79. The number of alkyl halides is 3. The molecule has 6 nitrogen and oxygen atoms in total. The Morgan fingerprint density at radius 2 is 1.81 bits per heavy atom. The van der Waals surface area contributed by atoms with Crippen molar-refractivity contribution in [1.82, 2.24) is 10.6 Å². The molecule has 4 N–H and O–H groups in total. The minimum absolute atomic E-state index is 0.00228. The molecule has 0 bridgehead atoms. The first-order valence-corrected chi connectivity index (χ1v) is 12.1. The molecule has 0 saturated heterocycles. The Morgan fingerprint density at radius 1 is 1.17 bits per heavy atom. The van der Waals surface area contributed by atoms with E-state index in [2.05, 4.69) is 10.6 Å². The van der Waals surface area contributed by atoms with Gasteiger partial charge in [0.15, 0.2) is 0 Å². The van der Waals surface area contributed by atoms with Crippen molar-refractivity contribution in [1.29, 1.82) is 5.41 Å². The zero-order chi connectivity index (χ0) is 26.5. The van der Waals surface area contributed by atoms with Crippen molar-refractivity contribution >= 4 is 29.1 Å². The van der Waals surface area contributed by atoms with Crippen LogP contribution in [0.4, 0.5) is 13.2 Å². The average molecular weight is 524 g/mol. The number of rotatable bonds is 8. The van der Waals surface area contributed by atoms with Crippen LogP contribution in [0.15, 0.2) is 48.5 Å². The van der Waals surface area contributed by atoms with Gasteiger partial charge in [0.2, 0.25) is 5.91 Å². The molecule has 2 aromatic carbocycles. The molecule has 10 heteroatoms. The molecule has 2 amide bonds. The fraction of sp³-hybridized carbons (Fsp3) is 0.423. The van der Waals surface area contributed by atoms with Gasteiger partial charge in [0.05, 0.1) is 17.7 Å². The monoisotopic (exact) mass is 523 g/mol. The summed E-state index contributed by atoms with van der Waals surface area (Å²) in [6.45, 7) is 1.35. The van der Waals surface area contributed by atoms with Gasteiger partial charge in [-0.2, -0.15) is 13.2 Å². The van der Waals surface area contributed by atoms with Crippen molar-refractivity contribution in [2.24, 2.45) is 5.92 Å². The Bertz CT molecular complexity index is 1100. The molecule has 1 aliphatic rings. The van der Waals surface area contributed by atoms with E-state index < -0.39 is 35.7 Å². The third-order valence-corrected chi connectivity index (χ3v) is 6.73. The van der Waals surface area contributed by atoms with E-state index in [1.54, 1.807) is 19.1 Å². The number of hydrogen-bond donors (Lipinski definition) is 4. The highest BCUT2D eigenvalue weighted by Gasteiger charge is 2.36. The minimum atomic E-state index is -4.57. The lowest BCUT2D eigenvalue weighted by atomic mass is 9.73. The second-order valence-electron chi connectivity index (χ2n) is 9.27. The number of amides is 2. The van der Waals surface area contributed by atoms with E-state index in [0.29, 0.717) is 42.8 Å². The van der Waals surface area contributed by atoms with Crippen LogP contribution in [-0.4, -0.2) is 35.2 Å². The molecule has 36 heavy (non-hydrogen) atoms. The van der Waals surface area contributed by atoms with E-state index in [4.69, 9.17) is 17.0 Å². The van der Waals surface area contributed by atoms with Crippen molar-refractivity contribution in [3.05, 3.63) is 70.2 Å². The highest BCUT2D eigenvalue weighted by molar-refractivity contribution is 6.30. The lowest BCUT2D eigenvalue weighted by Crippen LogP contribution is -2.42. The van der Waals surface area contributed by atoms with Gasteiger partial charge < -0.3 is 21.1 Å². The van der Waals surface area contributed by atoms with Crippen LogP contribution < -0.4 is 10.6 Å². The van der Waals surface area contributed by atoms with Crippen molar-refractivity contribution in [3.63, 3.8) is 0 Å². The van der Waals surface area contributed by atoms with Crippen LogP contribution in [0, 0.1) is 11.3 Å². The molecule has 0 spiro atoms. The zero-order valence-electron chi connectivity index (χ0n) is 19.8. The summed E-state index contributed by atoms with van der Waals surface area (Å²) in [4.78, 5) is 24.4. The van der Waals surface area contributed by atoms with E-state index >= 15 is 0 Å². The van der Waals surface area contributed by atoms with Gasteiger partial charge in [0, 0.05) is 28.8 Å². The quantitative estimate of drug-likeness (QED) is 0.363. The highest BCUT2D eigenvalue weighted by Crippen LogP contribution is 2.40. The lowest BCUT2D eigenvalue weighted by molar-refractivity contribution is -0.137. The fourth-order valence-corrected chi connectivity index (χ4v) is 4.59. The molecule has 0 radical (unpaired) electrons. The van der Waals surface area contributed by atoms with Crippen LogP contribution in [-0.2, 0) is 16.6 Å². The molecule has 3 rings (SSSR count). The Hall–Kier alpha value is -2.91. The lowest BCUT2D eigenvalue weighted by Gasteiger charge is -2.37. The number of carbonyl (C=O) groups is 2. The van der Waals surface area contributed by atoms with Crippen molar-refractivity contribution in [3.8, 4) is 0 Å². The van der Waals surface area contributed by atoms with Gasteiger partial charge >= 0.3 is 6.18 Å². The summed E-state index contributed by atoms with van der Waals surface area (Å²) >= 11 is 5.93. The SMILES string of the molecule is C[C@H](CC(=N)C1CCC(O)(c2ccc(Cl)cc2)CC1)NC(=O)CNC(=O)c1cccc(C(F)(F)F)c1. The predicted molar refractivity (Wildman–Crippen MR) is 131 cm³/mol. The van der Waals surface area contributed by atoms with E-state index in [0.717, 1.165) is 23.8 Å². The molecule has 1 atom stereocenters. The Morgan fingerprint density at radius 3 is 2.42 bits per heavy atom. The maximum Gasteiger partial charge on any atom is 0.416 e. The van der Waals surface area contributed by atoms with Crippen LogP contribution in [0.1, 0.15) is 60.5 Å². The van der Waals surface area contributed by atoms with Crippen LogP contribution in [0.25, 0.3) is 0 Å². The van der Waals surface area contributed by atoms with Gasteiger partial charge in [-0.25, -0.2) is 0 Å². The minimum Gasteiger partial charge on any atom is -0.385 e. The second-order valence-corrected chi connectivity index (χ2v) is 9.71. The molecular weight excluding hydrogens is 495 g/mol. The number of benzene rings is 2. The van der Waals surface area contributed by atoms with Crippen LogP contribution in [0.5, 0.6) is 0 Å². The topological polar surface area (TPSA) is 102 Å². The van der Waals surface area contributed by atoms with Gasteiger partial charge in [0.25, 0.3) is 5.91 Å². The highest BCUT2D eigenvalue weighted by atomic mass is 35.5. The number of carbonyl (C=O) groups excluding carboxylic acids is 2. The largest absolute Gasteiger partial charge is 0.416 e. The Balaban J connectivity index is 1.43. The summed E-state index contributed by atoms with van der Waals surface area (Å²) in [6.07, 6.45) is -1.93. The van der Waals surface area contributed by atoms with E-state index in [9.17, 15) is 27.9 Å². The molecule has 0 aromatic heterocycles. The average Bonchev–Trinajstić information content (AvgIpc) is 2.82. The van der Waals surface area contributed by atoms with Gasteiger partial charge in [-0.1, -0.05) is 29.8 Å². The molecule has 0 unspecified atom stereocenters. The van der Waals surface area contributed by atoms with Crippen LogP contribution in [0.3, 0.4) is 0 Å². The van der Waals surface area contributed by atoms with Crippen molar-refractivity contribution in [2.45, 2.75) is 56.8 Å². The van der Waals surface area contributed by atoms with Gasteiger partial charge in [-0.15, -0.1) is 0 Å². The number of nitrogens with one attached hydrogen (secondary N) is 3. The maximum atomic E-state index is 12.8. The number of halogens is 4. The molecular formula is C26H29ClF3N3O3. The van der Waals surface area contributed by atoms with Crippen molar-refractivity contribution < 1.29 is 27.9 Å². The summed E-state index contributed by atoms with van der Waals surface area (Å²) in [7, 11) is 0. The third-order valence-electron chi connectivity index (χ3n) is 6.48. The molecule has 194 valence electrons. The van der Waals surface area contributed by atoms with E-state index in [1.165, 1.54) is 6.07 Å². The second kappa shape index (κ2) is 11.4.